The molecule has 1 N–H and O–H groups in total. The molecule has 176 valence electrons. The van der Waals surface area contributed by atoms with E-state index in [0.29, 0.717) is 38.0 Å². The average Bonchev–Trinajstić information content (AvgIpc) is 3.16. The zero-order chi connectivity index (χ0) is 23.5. The Balaban J connectivity index is 1.89. The molecule has 1 aliphatic rings. The molecule has 1 amide bonds. The molecule has 0 aromatic heterocycles. The van der Waals surface area contributed by atoms with Gasteiger partial charge in [-0.2, -0.15) is 0 Å². The largest absolute Gasteiger partial charge is 0.462 e. The van der Waals surface area contributed by atoms with Crippen LogP contribution in [0.4, 0.5) is 0 Å². The Morgan fingerprint density at radius 3 is 2.59 bits per heavy atom. The maximum Gasteiger partial charge on any atom is 0.338 e. The van der Waals surface area contributed by atoms with E-state index < -0.39 is 6.10 Å². The van der Waals surface area contributed by atoms with Crippen molar-refractivity contribution in [2.24, 2.45) is 11.8 Å². The minimum absolute atomic E-state index is 0.130. The first kappa shape index (κ1) is 25.9. The Labute approximate surface area is 193 Å². The van der Waals surface area contributed by atoms with Crippen LogP contribution in [0.3, 0.4) is 0 Å². The maximum atomic E-state index is 12.5. The highest BCUT2D eigenvalue weighted by Crippen LogP contribution is 2.29. The summed E-state index contributed by atoms with van der Waals surface area (Å²) in [5, 5.41) is 10.7. The number of ether oxygens (including phenoxy) is 1. The van der Waals surface area contributed by atoms with Crippen molar-refractivity contribution in [2.45, 2.75) is 84.8 Å². The Morgan fingerprint density at radius 1 is 1.22 bits per heavy atom. The van der Waals surface area contributed by atoms with E-state index in [0.717, 1.165) is 31.2 Å². The number of amides is 1. The van der Waals surface area contributed by atoms with E-state index in [9.17, 15) is 14.7 Å². The first-order chi connectivity index (χ1) is 15.4. The summed E-state index contributed by atoms with van der Waals surface area (Å²) in [5.74, 6) is 6.57. The van der Waals surface area contributed by atoms with Crippen molar-refractivity contribution in [2.75, 3.05) is 13.2 Å². The zero-order valence-corrected chi connectivity index (χ0v) is 20.1. The summed E-state index contributed by atoms with van der Waals surface area (Å²) in [6.45, 7) is 9.11. The first-order valence-corrected chi connectivity index (χ1v) is 12.1. The van der Waals surface area contributed by atoms with Gasteiger partial charge in [-0.1, -0.05) is 32.9 Å². The number of rotatable bonds is 11. The lowest BCUT2D eigenvalue weighted by atomic mass is 9.88. The predicted octanol–water partition coefficient (Wildman–Crippen LogP) is 4.61. The number of benzene rings is 1. The van der Waals surface area contributed by atoms with Crippen molar-refractivity contribution < 1.29 is 19.4 Å². The molecular weight excluding hydrogens is 402 g/mol. The average molecular weight is 442 g/mol. The Hall–Kier alpha value is -2.32. The molecule has 0 spiro atoms. The topological polar surface area (TPSA) is 66.8 Å². The van der Waals surface area contributed by atoms with Gasteiger partial charge < -0.3 is 14.7 Å². The molecule has 0 saturated carbocycles. The number of unbranched alkanes of at least 4 members (excludes halogenated alkanes) is 1. The van der Waals surface area contributed by atoms with Crippen LogP contribution in [0.5, 0.6) is 0 Å². The Morgan fingerprint density at radius 2 is 1.94 bits per heavy atom. The second kappa shape index (κ2) is 13.3. The van der Waals surface area contributed by atoms with Crippen molar-refractivity contribution in [1.82, 2.24) is 4.90 Å². The second-order valence-corrected chi connectivity index (χ2v) is 8.93. The van der Waals surface area contributed by atoms with E-state index >= 15 is 0 Å². The van der Waals surface area contributed by atoms with Gasteiger partial charge in [-0.05, 0) is 62.1 Å². The summed E-state index contributed by atoms with van der Waals surface area (Å²) < 4.78 is 5.02. The lowest BCUT2D eigenvalue weighted by Crippen LogP contribution is -2.40. The molecule has 5 nitrogen and oxygen atoms in total. The monoisotopic (exact) mass is 441 g/mol. The van der Waals surface area contributed by atoms with Crippen LogP contribution < -0.4 is 0 Å². The van der Waals surface area contributed by atoms with Crippen molar-refractivity contribution >= 4 is 11.9 Å². The van der Waals surface area contributed by atoms with Crippen molar-refractivity contribution in [1.29, 1.82) is 0 Å². The summed E-state index contributed by atoms with van der Waals surface area (Å²) in [6, 6.07) is 7.57. The summed E-state index contributed by atoms with van der Waals surface area (Å²) in [6.07, 6.45) is 5.11. The van der Waals surface area contributed by atoms with Crippen LogP contribution in [-0.2, 0) is 16.0 Å². The molecule has 2 unspecified atom stereocenters. The van der Waals surface area contributed by atoms with Crippen LogP contribution in [0.2, 0.25) is 0 Å². The molecule has 0 radical (unpaired) electrons. The number of hydrogen-bond acceptors (Lipinski definition) is 4. The number of esters is 1. The standard InChI is InChI=1S/C27H39NO4/c1-5-7-8-9-10-20(3)25(29)19-21(4)24-15-16-26(30)28(24)18-17-22-11-13-23(14-12-22)27(31)32-6-2/h11-14,20-21,24-25,29H,5-7,10,15-19H2,1-4H3/t20?,21?,24-,25+/m1/s1. The highest BCUT2D eigenvalue weighted by Gasteiger charge is 2.35. The predicted molar refractivity (Wildman–Crippen MR) is 127 cm³/mol. The Kier molecular flexibility index (Phi) is 10.8. The van der Waals surface area contributed by atoms with Crippen LogP contribution >= 0.6 is 0 Å². The van der Waals surface area contributed by atoms with Crippen molar-refractivity contribution in [3.05, 3.63) is 35.4 Å². The fraction of sp³-hybridized carbons (Fsp3) is 0.630. The van der Waals surface area contributed by atoms with Gasteiger partial charge in [-0.3, -0.25) is 4.79 Å². The smallest absolute Gasteiger partial charge is 0.338 e. The number of hydrogen-bond donors (Lipinski definition) is 1. The maximum absolute atomic E-state index is 12.5. The fourth-order valence-corrected chi connectivity index (χ4v) is 4.26. The van der Waals surface area contributed by atoms with E-state index in [4.69, 9.17) is 4.74 Å². The summed E-state index contributed by atoms with van der Waals surface area (Å²) in [4.78, 5) is 26.3. The molecule has 1 aromatic carbocycles. The van der Waals surface area contributed by atoms with Gasteiger partial charge in [0.1, 0.15) is 0 Å². The highest BCUT2D eigenvalue weighted by molar-refractivity contribution is 5.89. The molecule has 1 aromatic rings. The number of aliphatic hydroxyl groups is 1. The van der Waals surface area contributed by atoms with E-state index in [2.05, 4.69) is 32.6 Å². The van der Waals surface area contributed by atoms with Gasteiger partial charge in [0.15, 0.2) is 0 Å². The number of nitrogens with zero attached hydrogens (tertiary/aromatic N) is 1. The van der Waals surface area contributed by atoms with Gasteiger partial charge in [0.05, 0.1) is 18.3 Å². The molecule has 0 bridgehead atoms. The highest BCUT2D eigenvalue weighted by atomic mass is 16.5. The minimum atomic E-state index is -0.408. The quantitative estimate of drug-likeness (QED) is 0.402. The molecule has 32 heavy (non-hydrogen) atoms. The molecule has 5 heteroatoms. The van der Waals surface area contributed by atoms with Crippen LogP contribution in [0.1, 0.15) is 82.1 Å². The van der Waals surface area contributed by atoms with Gasteiger partial charge in [-0.25, -0.2) is 4.79 Å². The van der Waals surface area contributed by atoms with Crippen LogP contribution in [0, 0.1) is 23.7 Å². The third-order valence-corrected chi connectivity index (χ3v) is 6.33. The molecule has 2 rings (SSSR count). The number of likely N-dealkylation sites (tertiary alicyclic amines) is 1. The van der Waals surface area contributed by atoms with Crippen LogP contribution in [0.15, 0.2) is 24.3 Å². The van der Waals surface area contributed by atoms with Crippen LogP contribution in [0.25, 0.3) is 0 Å². The molecule has 0 aliphatic carbocycles. The Bertz CT molecular complexity index is 792. The number of aliphatic hydroxyl groups excluding tert-OH is 1. The molecule has 1 fully saturated rings. The summed E-state index contributed by atoms with van der Waals surface area (Å²) in [7, 11) is 0. The first-order valence-electron chi connectivity index (χ1n) is 12.1. The van der Waals surface area contributed by atoms with Crippen molar-refractivity contribution in [3.8, 4) is 11.8 Å². The van der Waals surface area contributed by atoms with E-state index in [-0.39, 0.29) is 29.8 Å². The zero-order valence-electron chi connectivity index (χ0n) is 20.1. The van der Waals surface area contributed by atoms with E-state index in [1.165, 1.54) is 0 Å². The van der Waals surface area contributed by atoms with Gasteiger partial charge in [-0.15, -0.1) is 11.8 Å². The molecule has 1 heterocycles. The molecular formula is C27H39NO4. The molecule has 4 atom stereocenters. The van der Waals surface area contributed by atoms with Crippen molar-refractivity contribution in [3.63, 3.8) is 0 Å². The fourth-order valence-electron chi connectivity index (χ4n) is 4.26. The number of carbonyl (C=O) groups excluding carboxylic acids is 2. The molecule has 1 saturated heterocycles. The van der Waals surface area contributed by atoms with E-state index in [1.54, 1.807) is 19.1 Å². The second-order valence-electron chi connectivity index (χ2n) is 8.93. The van der Waals surface area contributed by atoms with Gasteiger partial charge >= 0.3 is 5.97 Å². The third-order valence-electron chi connectivity index (χ3n) is 6.33. The third kappa shape index (κ3) is 7.67. The number of carbonyl (C=O) groups is 2. The van der Waals surface area contributed by atoms with Gasteiger partial charge in [0.25, 0.3) is 0 Å². The minimum Gasteiger partial charge on any atom is -0.462 e. The van der Waals surface area contributed by atoms with Gasteiger partial charge in [0.2, 0.25) is 5.91 Å². The normalized spacial score (nSPS) is 18.6. The van der Waals surface area contributed by atoms with Gasteiger partial charge in [0, 0.05) is 31.8 Å². The summed E-state index contributed by atoms with van der Waals surface area (Å²) in [5.41, 5.74) is 1.63. The lowest BCUT2D eigenvalue weighted by molar-refractivity contribution is -0.129. The lowest BCUT2D eigenvalue weighted by Gasteiger charge is -2.32. The van der Waals surface area contributed by atoms with Crippen LogP contribution in [-0.4, -0.2) is 47.2 Å². The van der Waals surface area contributed by atoms with E-state index in [1.807, 2.05) is 17.0 Å². The summed E-state index contributed by atoms with van der Waals surface area (Å²) >= 11 is 0. The SMILES string of the molecule is CCCC#CCC(C)[C@@H](O)CC(C)[C@H]1CCC(=O)N1CCc1ccc(C(=O)OCC)cc1. The molecule has 1 aliphatic heterocycles.